The summed E-state index contributed by atoms with van der Waals surface area (Å²) in [6.07, 6.45) is 9.40. The van der Waals surface area contributed by atoms with Crippen LogP contribution < -0.4 is 0 Å². The largest absolute Gasteiger partial charge is 0.478 e. The number of hydrogen-bond donors (Lipinski definition) is 1. The van der Waals surface area contributed by atoms with Crippen molar-refractivity contribution in [2.24, 2.45) is 17.3 Å². The number of rotatable bonds is 2. The van der Waals surface area contributed by atoms with Gasteiger partial charge in [-0.05, 0) is 36.5 Å². The molecule has 2 aliphatic carbocycles. The fraction of sp³-hybridized carbons (Fsp3) is 0.533. The summed E-state index contributed by atoms with van der Waals surface area (Å²) in [5.41, 5.74) is 1.98. The van der Waals surface area contributed by atoms with Crippen molar-refractivity contribution in [1.29, 1.82) is 0 Å². The van der Waals surface area contributed by atoms with Crippen LogP contribution in [0.4, 0.5) is 0 Å². The molecule has 1 saturated carbocycles. The predicted octanol–water partition coefficient (Wildman–Crippen LogP) is 3.57. The Balaban J connectivity index is 2.23. The lowest BCUT2D eigenvalue weighted by molar-refractivity contribution is -0.133. The van der Waals surface area contributed by atoms with Crippen molar-refractivity contribution >= 4 is 5.97 Å². The van der Waals surface area contributed by atoms with Crippen molar-refractivity contribution in [2.45, 2.75) is 33.1 Å². The summed E-state index contributed by atoms with van der Waals surface area (Å²) in [6.45, 7) is 8.21. The molecule has 0 radical (unpaired) electrons. The molecule has 0 spiro atoms. The lowest BCUT2D eigenvalue weighted by Gasteiger charge is -2.45. The van der Waals surface area contributed by atoms with Gasteiger partial charge in [-0.2, -0.15) is 0 Å². The van der Waals surface area contributed by atoms with E-state index in [9.17, 15) is 4.79 Å². The fourth-order valence-corrected chi connectivity index (χ4v) is 3.14. The Morgan fingerprint density at radius 3 is 2.94 bits per heavy atom. The Hall–Kier alpha value is -1.31. The summed E-state index contributed by atoms with van der Waals surface area (Å²) in [4.78, 5) is 11.0. The Bertz CT molecular complexity index is 417. The molecule has 0 saturated heterocycles. The average Bonchev–Trinajstić information content (AvgIpc) is 2.29. The first kappa shape index (κ1) is 12.2. The minimum absolute atomic E-state index is 0.121. The van der Waals surface area contributed by atoms with Crippen LogP contribution in [0.25, 0.3) is 0 Å². The monoisotopic (exact) mass is 232 g/mol. The highest BCUT2D eigenvalue weighted by atomic mass is 16.4. The van der Waals surface area contributed by atoms with E-state index in [2.05, 4.69) is 38.7 Å². The second-order valence-electron chi connectivity index (χ2n) is 5.55. The van der Waals surface area contributed by atoms with E-state index in [4.69, 9.17) is 5.11 Å². The van der Waals surface area contributed by atoms with Crippen molar-refractivity contribution in [3.05, 3.63) is 36.0 Å². The molecule has 0 bridgehead atoms. The fourth-order valence-electron chi connectivity index (χ4n) is 3.14. The van der Waals surface area contributed by atoms with Gasteiger partial charge in [-0.25, -0.2) is 4.79 Å². The molecule has 2 rings (SSSR count). The zero-order valence-electron chi connectivity index (χ0n) is 10.6. The second-order valence-corrected chi connectivity index (χ2v) is 5.55. The predicted molar refractivity (Wildman–Crippen MR) is 68.6 cm³/mol. The van der Waals surface area contributed by atoms with Crippen LogP contribution in [-0.2, 0) is 4.79 Å². The normalized spacial score (nSPS) is 36.0. The molecule has 17 heavy (non-hydrogen) atoms. The highest BCUT2D eigenvalue weighted by Crippen LogP contribution is 2.51. The van der Waals surface area contributed by atoms with Crippen LogP contribution in [0, 0.1) is 17.3 Å². The summed E-state index contributed by atoms with van der Waals surface area (Å²) in [5.74, 6) is -0.236. The Kier molecular flexibility index (Phi) is 2.98. The van der Waals surface area contributed by atoms with E-state index in [1.54, 1.807) is 0 Å². The second kappa shape index (κ2) is 4.17. The smallest absolute Gasteiger partial charge is 0.331 e. The molecule has 2 unspecified atom stereocenters. The number of fused-ring (bicyclic) bond motifs is 1. The number of allylic oxidation sites excluding steroid dienone is 4. The zero-order valence-corrected chi connectivity index (χ0v) is 10.6. The van der Waals surface area contributed by atoms with Crippen LogP contribution >= 0.6 is 0 Å². The van der Waals surface area contributed by atoms with Crippen molar-refractivity contribution in [3.8, 4) is 0 Å². The van der Waals surface area contributed by atoms with E-state index in [0.717, 1.165) is 19.3 Å². The molecular formula is C15H20O2. The summed E-state index contributed by atoms with van der Waals surface area (Å²) < 4.78 is 0. The van der Waals surface area contributed by atoms with E-state index >= 15 is 0 Å². The van der Waals surface area contributed by atoms with Crippen LogP contribution in [-0.4, -0.2) is 11.1 Å². The van der Waals surface area contributed by atoms with E-state index in [1.165, 1.54) is 5.57 Å². The third-order valence-electron chi connectivity index (χ3n) is 4.64. The van der Waals surface area contributed by atoms with Crippen LogP contribution in [0.2, 0.25) is 0 Å². The van der Waals surface area contributed by atoms with E-state index < -0.39 is 5.97 Å². The van der Waals surface area contributed by atoms with Gasteiger partial charge in [-0.3, -0.25) is 0 Å². The Morgan fingerprint density at radius 2 is 2.29 bits per heavy atom. The maximum atomic E-state index is 11.0. The third kappa shape index (κ3) is 1.97. The lowest BCUT2D eigenvalue weighted by Crippen LogP contribution is -2.36. The molecule has 0 aliphatic heterocycles. The molecule has 1 N–H and O–H groups in total. The number of aliphatic carboxylic acids is 1. The third-order valence-corrected chi connectivity index (χ3v) is 4.64. The SMILES string of the molecule is C=C(C(=O)O)[C@@H]1CCC2=CC=CC(C)C2(C)C1. The first-order valence-corrected chi connectivity index (χ1v) is 6.25. The van der Waals surface area contributed by atoms with Gasteiger partial charge in [0.25, 0.3) is 0 Å². The molecule has 3 atom stereocenters. The first-order chi connectivity index (χ1) is 7.95. The van der Waals surface area contributed by atoms with Gasteiger partial charge in [-0.15, -0.1) is 0 Å². The van der Waals surface area contributed by atoms with E-state index in [1.807, 2.05) is 0 Å². The minimum Gasteiger partial charge on any atom is -0.478 e. The van der Waals surface area contributed by atoms with Crippen molar-refractivity contribution in [1.82, 2.24) is 0 Å². The number of hydrogen-bond acceptors (Lipinski definition) is 1. The molecule has 0 heterocycles. The minimum atomic E-state index is -0.843. The quantitative estimate of drug-likeness (QED) is 0.739. The van der Waals surface area contributed by atoms with E-state index in [-0.39, 0.29) is 11.3 Å². The molecule has 92 valence electrons. The standard InChI is InChI=1S/C15H20O2/c1-10-5-4-6-13-8-7-12(9-15(10,13)3)11(2)14(16)17/h4-6,10,12H,2,7-9H2,1,3H3,(H,16,17)/t10?,12-,15?/m1/s1. The molecule has 0 aromatic rings. The molecule has 0 aromatic carbocycles. The highest BCUT2D eigenvalue weighted by Gasteiger charge is 2.41. The zero-order chi connectivity index (χ0) is 12.6. The topological polar surface area (TPSA) is 37.3 Å². The maximum Gasteiger partial charge on any atom is 0.331 e. The van der Waals surface area contributed by atoms with Crippen molar-refractivity contribution in [2.75, 3.05) is 0 Å². The molecular weight excluding hydrogens is 212 g/mol. The van der Waals surface area contributed by atoms with Crippen LogP contribution in [0.15, 0.2) is 36.0 Å². The number of carboxylic acid groups (broad SMARTS) is 1. The van der Waals surface area contributed by atoms with Crippen LogP contribution in [0.1, 0.15) is 33.1 Å². The molecule has 2 nitrogen and oxygen atoms in total. The van der Waals surface area contributed by atoms with Gasteiger partial charge in [0, 0.05) is 5.57 Å². The molecule has 0 aromatic heterocycles. The van der Waals surface area contributed by atoms with Gasteiger partial charge in [0.2, 0.25) is 0 Å². The molecule has 1 fully saturated rings. The number of carbonyl (C=O) groups is 1. The average molecular weight is 232 g/mol. The summed E-state index contributed by atoms with van der Waals surface area (Å²) in [7, 11) is 0. The van der Waals surface area contributed by atoms with Gasteiger partial charge in [0.05, 0.1) is 0 Å². The number of carboxylic acids is 1. The van der Waals surface area contributed by atoms with Crippen molar-refractivity contribution < 1.29 is 9.90 Å². The molecule has 0 amide bonds. The molecule has 2 heteroatoms. The lowest BCUT2D eigenvalue weighted by atomic mass is 9.59. The maximum absolute atomic E-state index is 11.0. The van der Waals surface area contributed by atoms with Gasteiger partial charge >= 0.3 is 5.97 Å². The van der Waals surface area contributed by atoms with Crippen LogP contribution in [0.5, 0.6) is 0 Å². The summed E-state index contributed by atoms with van der Waals surface area (Å²) >= 11 is 0. The Labute approximate surface area is 103 Å². The van der Waals surface area contributed by atoms with Gasteiger partial charge in [0.1, 0.15) is 0 Å². The van der Waals surface area contributed by atoms with Gasteiger partial charge in [-0.1, -0.05) is 44.2 Å². The highest BCUT2D eigenvalue weighted by molar-refractivity contribution is 5.86. The summed E-state index contributed by atoms with van der Waals surface area (Å²) in [5, 5.41) is 9.05. The van der Waals surface area contributed by atoms with E-state index in [0.29, 0.717) is 11.5 Å². The van der Waals surface area contributed by atoms with Crippen molar-refractivity contribution in [3.63, 3.8) is 0 Å². The van der Waals surface area contributed by atoms with Crippen LogP contribution in [0.3, 0.4) is 0 Å². The Morgan fingerprint density at radius 1 is 1.59 bits per heavy atom. The first-order valence-electron chi connectivity index (χ1n) is 6.25. The van der Waals surface area contributed by atoms with Gasteiger partial charge in [0.15, 0.2) is 0 Å². The van der Waals surface area contributed by atoms with Gasteiger partial charge < -0.3 is 5.11 Å². The molecule has 2 aliphatic rings. The summed E-state index contributed by atoms with van der Waals surface area (Å²) in [6, 6.07) is 0.